The van der Waals surface area contributed by atoms with Crippen LogP contribution in [-0.2, 0) is 4.79 Å². The van der Waals surface area contributed by atoms with Gasteiger partial charge in [0.15, 0.2) is 0 Å². The van der Waals surface area contributed by atoms with Gasteiger partial charge in [0, 0.05) is 12.1 Å². The third-order valence-electron chi connectivity index (χ3n) is 4.66. The van der Waals surface area contributed by atoms with E-state index < -0.39 is 5.97 Å². The Morgan fingerprint density at radius 2 is 1.78 bits per heavy atom. The van der Waals surface area contributed by atoms with E-state index in [0.717, 1.165) is 5.92 Å². The van der Waals surface area contributed by atoms with E-state index >= 15 is 0 Å². The maximum Gasteiger partial charge on any atom is 0.304 e. The molecule has 0 aromatic carbocycles. The number of hydrogen-bond donors (Lipinski definition) is 1. The molecule has 0 aliphatic heterocycles. The Morgan fingerprint density at radius 3 is 2.17 bits per heavy atom. The van der Waals surface area contributed by atoms with Crippen molar-refractivity contribution in [1.29, 1.82) is 0 Å². The Kier molecular flexibility index (Phi) is 5.20. The van der Waals surface area contributed by atoms with Gasteiger partial charge in [0.1, 0.15) is 0 Å². The molecule has 1 aliphatic rings. The summed E-state index contributed by atoms with van der Waals surface area (Å²) in [6.07, 6.45) is 5.22. The summed E-state index contributed by atoms with van der Waals surface area (Å²) < 4.78 is 0. The standard InChI is InChI=1S/C15H29NO2/c1-11(10-14(17)18)16(5)13-8-6-12(7-9-13)15(2,3)4/h11-13H,6-10H2,1-5H3,(H,17,18). The zero-order valence-corrected chi connectivity index (χ0v) is 12.6. The predicted molar refractivity (Wildman–Crippen MR) is 74.7 cm³/mol. The second-order valence-corrected chi connectivity index (χ2v) is 6.98. The van der Waals surface area contributed by atoms with Crippen LogP contribution in [0.2, 0.25) is 0 Å². The first-order chi connectivity index (χ1) is 8.21. The first-order valence-corrected chi connectivity index (χ1v) is 7.15. The number of aliphatic carboxylic acids is 1. The van der Waals surface area contributed by atoms with Gasteiger partial charge < -0.3 is 10.0 Å². The van der Waals surface area contributed by atoms with Gasteiger partial charge in [-0.2, -0.15) is 0 Å². The summed E-state index contributed by atoms with van der Waals surface area (Å²) in [4.78, 5) is 13.0. The molecule has 0 aromatic heterocycles. The van der Waals surface area contributed by atoms with Crippen LogP contribution in [0, 0.1) is 11.3 Å². The summed E-state index contributed by atoms with van der Waals surface area (Å²) in [6, 6.07) is 0.705. The molecule has 0 spiro atoms. The van der Waals surface area contributed by atoms with E-state index in [9.17, 15) is 4.79 Å². The molecule has 0 heterocycles. The molecule has 3 heteroatoms. The van der Waals surface area contributed by atoms with Gasteiger partial charge in [-0.25, -0.2) is 0 Å². The van der Waals surface area contributed by atoms with Crippen molar-refractivity contribution in [3.63, 3.8) is 0 Å². The molecule has 1 unspecified atom stereocenters. The van der Waals surface area contributed by atoms with E-state index in [-0.39, 0.29) is 12.5 Å². The Morgan fingerprint density at radius 1 is 1.28 bits per heavy atom. The molecule has 0 amide bonds. The van der Waals surface area contributed by atoms with Gasteiger partial charge in [-0.05, 0) is 51.0 Å². The Hall–Kier alpha value is -0.570. The smallest absolute Gasteiger partial charge is 0.304 e. The van der Waals surface area contributed by atoms with Crippen LogP contribution in [0.25, 0.3) is 0 Å². The molecule has 3 nitrogen and oxygen atoms in total. The monoisotopic (exact) mass is 255 g/mol. The fraction of sp³-hybridized carbons (Fsp3) is 0.933. The number of carboxylic acids is 1. The fourth-order valence-electron chi connectivity index (χ4n) is 3.11. The molecule has 0 saturated heterocycles. The van der Waals surface area contributed by atoms with E-state index in [4.69, 9.17) is 5.11 Å². The third-order valence-corrected chi connectivity index (χ3v) is 4.66. The van der Waals surface area contributed by atoms with Crippen molar-refractivity contribution in [1.82, 2.24) is 4.90 Å². The molecule has 1 atom stereocenters. The van der Waals surface area contributed by atoms with Gasteiger partial charge in [-0.3, -0.25) is 4.79 Å². The van der Waals surface area contributed by atoms with Crippen molar-refractivity contribution in [2.75, 3.05) is 7.05 Å². The zero-order chi connectivity index (χ0) is 13.9. The second kappa shape index (κ2) is 6.05. The van der Waals surface area contributed by atoms with E-state index in [1.807, 2.05) is 6.92 Å². The highest BCUT2D eigenvalue weighted by Gasteiger charge is 2.32. The van der Waals surface area contributed by atoms with Crippen LogP contribution in [0.1, 0.15) is 59.8 Å². The third kappa shape index (κ3) is 4.27. The lowest BCUT2D eigenvalue weighted by Gasteiger charge is -2.41. The van der Waals surface area contributed by atoms with Crippen molar-refractivity contribution in [3.05, 3.63) is 0 Å². The van der Waals surface area contributed by atoms with Crippen molar-refractivity contribution in [2.24, 2.45) is 11.3 Å². The van der Waals surface area contributed by atoms with Crippen molar-refractivity contribution >= 4 is 5.97 Å². The summed E-state index contributed by atoms with van der Waals surface area (Å²) in [5.74, 6) is 0.120. The summed E-state index contributed by atoms with van der Waals surface area (Å²) >= 11 is 0. The molecule has 0 aromatic rings. The lowest BCUT2D eigenvalue weighted by Crippen LogP contribution is -2.42. The van der Waals surface area contributed by atoms with Crippen LogP contribution in [-0.4, -0.2) is 35.1 Å². The minimum atomic E-state index is -0.697. The highest BCUT2D eigenvalue weighted by molar-refractivity contribution is 5.67. The van der Waals surface area contributed by atoms with Crippen LogP contribution < -0.4 is 0 Å². The van der Waals surface area contributed by atoms with E-state index in [1.54, 1.807) is 0 Å². The first kappa shape index (κ1) is 15.5. The van der Waals surface area contributed by atoms with Crippen molar-refractivity contribution < 1.29 is 9.90 Å². The van der Waals surface area contributed by atoms with Gasteiger partial charge in [-0.1, -0.05) is 20.8 Å². The molecule has 1 saturated carbocycles. The lowest BCUT2D eigenvalue weighted by molar-refractivity contribution is -0.138. The largest absolute Gasteiger partial charge is 0.481 e. The Labute approximate surface area is 112 Å². The van der Waals surface area contributed by atoms with Gasteiger partial charge in [0.05, 0.1) is 6.42 Å². The molecule has 18 heavy (non-hydrogen) atoms. The average Bonchev–Trinajstić information content (AvgIpc) is 2.26. The highest BCUT2D eigenvalue weighted by atomic mass is 16.4. The highest BCUT2D eigenvalue weighted by Crippen LogP contribution is 2.39. The summed E-state index contributed by atoms with van der Waals surface area (Å²) in [5, 5.41) is 8.85. The molecule has 0 bridgehead atoms. The normalized spacial score (nSPS) is 27.2. The number of carbonyl (C=O) groups is 1. The maximum atomic E-state index is 10.8. The molecule has 1 aliphatic carbocycles. The second-order valence-electron chi connectivity index (χ2n) is 6.98. The zero-order valence-electron chi connectivity index (χ0n) is 12.6. The van der Waals surface area contributed by atoms with E-state index in [1.165, 1.54) is 25.7 Å². The molecular formula is C15H29NO2. The minimum absolute atomic E-state index is 0.138. The van der Waals surface area contributed by atoms with E-state index in [2.05, 4.69) is 32.7 Å². The van der Waals surface area contributed by atoms with Crippen LogP contribution in [0.3, 0.4) is 0 Å². The molecule has 1 fully saturated rings. The van der Waals surface area contributed by atoms with Crippen LogP contribution in [0.15, 0.2) is 0 Å². The van der Waals surface area contributed by atoms with Gasteiger partial charge >= 0.3 is 5.97 Å². The molecule has 0 radical (unpaired) electrons. The van der Waals surface area contributed by atoms with Gasteiger partial charge in [-0.15, -0.1) is 0 Å². The topological polar surface area (TPSA) is 40.5 Å². The number of nitrogens with zero attached hydrogens (tertiary/aromatic N) is 1. The molecule has 1 rings (SSSR count). The molecular weight excluding hydrogens is 226 g/mol. The van der Waals surface area contributed by atoms with Crippen LogP contribution in [0.4, 0.5) is 0 Å². The quantitative estimate of drug-likeness (QED) is 0.837. The number of carboxylic acid groups (broad SMARTS) is 1. The molecule has 1 N–H and O–H groups in total. The average molecular weight is 255 g/mol. The lowest BCUT2D eigenvalue weighted by atomic mass is 9.71. The van der Waals surface area contributed by atoms with Crippen molar-refractivity contribution in [2.45, 2.75) is 71.9 Å². The molecule has 106 valence electrons. The number of hydrogen-bond acceptors (Lipinski definition) is 2. The van der Waals surface area contributed by atoms with Gasteiger partial charge in [0.2, 0.25) is 0 Å². The van der Waals surface area contributed by atoms with E-state index in [0.29, 0.717) is 11.5 Å². The first-order valence-electron chi connectivity index (χ1n) is 7.15. The van der Waals surface area contributed by atoms with Crippen LogP contribution in [0.5, 0.6) is 0 Å². The Balaban J connectivity index is 2.45. The summed E-state index contributed by atoms with van der Waals surface area (Å²) in [7, 11) is 2.08. The summed E-state index contributed by atoms with van der Waals surface area (Å²) in [6.45, 7) is 9.00. The minimum Gasteiger partial charge on any atom is -0.481 e. The van der Waals surface area contributed by atoms with Crippen molar-refractivity contribution in [3.8, 4) is 0 Å². The number of rotatable bonds is 4. The Bertz CT molecular complexity index is 275. The fourth-order valence-corrected chi connectivity index (χ4v) is 3.11. The summed E-state index contributed by atoms with van der Waals surface area (Å²) in [5.41, 5.74) is 0.413. The van der Waals surface area contributed by atoms with Crippen LogP contribution >= 0.6 is 0 Å². The maximum absolute atomic E-state index is 10.8. The SMILES string of the molecule is CC(CC(=O)O)N(C)C1CCC(C(C)(C)C)CC1. The predicted octanol–water partition coefficient (Wildman–Crippen LogP) is 3.39. The van der Waals surface area contributed by atoms with Gasteiger partial charge in [0.25, 0.3) is 0 Å².